The minimum Gasteiger partial charge on any atom is -0.313 e. The van der Waals surface area contributed by atoms with Crippen molar-refractivity contribution in [3.8, 4) is 0 Å². The molecule has 1 aromatic rings. The Labute approximate surface area is 118 Å². The zero-order valence-corrected chi connectivity index (χ0v) is 12.7. The Morgan fingerprint density at radius 2 is 1.84 bits per heavy atom. The second kappa shape index (κ2) is 7.09. The Balaban J connectivity index is 2.19. The molecule has 0 amide bonds. The molecule has 3 atom stereocenters. The van der Waals surface area contributed by atoms with E-state index in [1.165, 1.54) is 31.2 Å². The lowest BCUT2D eigenvalue weighted by atomic mass is 9.78. The summed E-state index contributed by atoms with van der Waals surface area (Å²) in [7, 11) is 0. The SMILES string of the molecule is CCCNC(C1CC1)C(c1ccccc1)C(C)CC. The van der Waals surface area contributed by atoms with Gasteiger partial charge in [0.15, 0.2) is 0 Å². The largest absolute Gasteiger partial charge is 0.313 e. The Hall–Kier alpha value is -0.820. The van der Waals surface area contributed by atoms with Crippen LogP contribution in [0.2, 0.25) is 0 Å². The molecule has 1 saturated carbocycles. The molecule has 0 radical (unpaired) electrons. The molecule has 0 bridgehead atoms. The number of nitrogens with one attached hydrogen (secondary N) is 1. The van der Waals surface area contributed by atoms with Gasteiger partial charge in [-0.05, 0) is 43.2 Å². The van der Waals surface area contributed by atoms with Crippen LogP contribution >= 0.6 is 0 Å². The highest BCUT2D eigenvalue weighted by molar-refractivity contribution is 5.23. The minimum atomic E-state index is 0.672. The summed E-state index contributed by atoms with van der Waals surface area (Å²) in [6, 6.07) is 11.8. The molecule has 0 aliphatic heterocycles. The van der Waals surface area contributed by atoms with Gasteiger partial charge in [-0.3, -0.25) is 0 Å². The summed E-state index contributed by atoms with van der Waals surface area (Å²) < 4.78 is 0. The summed E-state index contributed by atoms with van der Waals surface area (Å²) in [6.45, 7) is 8.16. The van der Waals surface area contributed by atoms with Gasteiger partial charge in [0.25, 0.3) is 0 Å². The monoisotopic (exact) mass is 259 g/mol. The van der Waals surface area contributed by atoms with Gasteiger partial charge in [0, 0.05) is 12.0 Å². The molecule has 0 aromatic heterocycles. The molecular formula is C18H29N. The summed E-state index contributed by atoms with van der Waals surface area (Å²) >= 11 is 0. The van der Waals surface area contributed by atoms with Crippen LogP contribution in [0.3, 0.4) is 0 Å². The zero-order chi connectivity index (χ0) is 13.7. The number of hydrogen-bond acceptors (Lipinski definition) is 1. The van der Waals surface area contributed by atoms with Gasteiger partial charge in [-0.1, -0.05) is 57.5 Å². The lowest BCUT2D eigenvalue weighted by Crippen LogP contribution is -2.39. The van der Waals surface area contributed by atoms with Crippen LogP contribution in [0.5, 0.6) is 0 Å². The van der Waals surface area contributed by atoms with Crippen LogP contribution in [0, 0.1) is 11.8 Å². The van der Waals surface area contributed by atoms with E-state index < -0.39 is 0 Å². The first-order valence-electron chi connectivity index (χ1n) is 8.06. The molecule has 3 unspecified atom stereocenters. The third-order valence-electron chi connectivity index (χ3n) is 4.59. The van der Waals surface area contributed by atoms with Crippen molar-refractivity contribution in [3.05, 3.63) is 35.9 Å². The summed E-state index contributed by atoms with van der Waals surface area (Å²) in [6.07, 6.45) is 5.32. The van der Waals surface area contributed by atoms with Crippen molar-refractivity contribution in [2.24, 2.45) is 11.8 Å². The van der Waals surface area contributed by atoms with Crippen LogP contribution in [0.4, 0.5) is 0 Å². The fourth-order valence-electron chi connectivity index (χ4n) is 3.17. The Morgan fingerprint density at radius 3 is 2.37 bits per heavy atom. The van der Waals surface area contributed by atoms with E-state index in [-0.39, 0.29) is 0 Å². The first-order chi connectivity index (χ1) is 9.27. The Bertz CT molecular complexity index is 355. The molecule has 0 spiro atoms. The van der Waals surface area contributed by atoms with E-state index in [1.807, 2.05) is 0 Å². The second-order valence-electron chi connectivity index (χ2n) is 6.14. The highest BCUT2D eigenvalue weighted by atomic mass is 14.9. The smallest absolute Gasteiger partial charge is 0.0167 e. The molecular weight excluding hydrogens is 230 g/mol. The highest BCUT2D eigenvalue weighted by Gasteiger charge is 2.38. The molecule has 1 heteroatoms. The van der Waals surface area contributed by atoms with E-state index in [2.05, 4.69) is 56.4 Å². The van der Waals surface area contributed by atoms with Gasteiger partial charge in [0.2, 0.25) is 0 Å². The first-order valence-corrected chi connectivity index (χ1v) is 8.06. The van der Waals surface area contributed by atoms with Gasteiger partial charge >= 0.3 is 0 Å². The van der Waals surface area contributed by atoms with Crippen LogP contribution in [0.15, 0.2) is 30.3 Å². The average molecular weight is 259 g/mol. The number of benzene rings is 1. The van der Waals surface area contributed by atoms with Gasteiger partial charge in [-0.15, -0.1) is 0 Å². The topological polar surface area (TPSA) is 12.0 Å². The van der Waals surface area contributed by atoms with Gasteiger partial charge in [-0.2, -0.15) is 0 Å². The van der Waals surface area contributed by atoms with E-state index in [0.717, 1.165) is 18.4 Å². The molecule has 0 heterocycles. The molecule has 1 aliphatic carbocycles. The van der Waals surface area contributed by atoms with E-state index in [1.54, 1.807) is 0 Å². The van der Waals surface area contributed by atoms with Crippen LogP contribution < -0.4 is 5.32 Å². The molecule has 1 fully saturated rings. The van der Waals surface area contributed by atoms with Gasteiger partial charge < -0.3 is 5.32 Å². The van der Waals surface area contributed by atoms with Gasteiger partial charge in [0.1, 0.15) is 0 Å². The van der Waals surface area contributed by atoms with E-state index >= 15 is 0 Å². The van der Waals surface area contributed by atoms with Crippen molar-refractivity contribution in [2.45, 2.75) is 58.4 Å². The molecule has 1 aromatic carbocycles. The van der Waals surface area contributed by atoms with Gasteiger partial charge in [-0.25, -0.2) is 0 Å². The maximum absolute atomic E-state index is 3.85. The van der Waals surface area contributed by atoms with Crippen LogP contribution in [0.25, 0.3) is 0 Å². The summed E-state index contributed by atoms with van der Waals surface area (Å²) in [4.78, 5) is 0. The Kier molecular flexibility index (Phi) is 5.45. The highest BCUT2D eigenvalue weighted by Crippen LogP contribution is 2.42. The van der Waals surface area contributed by atoms with E-state index in [0.29, 0.717) is 12.0 Å². The number of hydrogen-bond donors (Lipinski definition) is 1. The fraction of sp³-hybridized carbons (Fsp3) is 0.667. The summed E-state index contributed by atoms with van der Waals surface area (Å²) in [5, 5.41) is 3.85. The predicted molar refractivity (Wildman–Crippen MR) is 83.4 cm³/mol. The minimum absolute atomic E-state index is 0.672. The second-order valence-corrected chi connectivity index (χ2v) is 6.14. The van der Waals surface area contributed by atoms with Gasteiger partial charge in [0.05, 0.1) is 0 Å². The number of rotatable bonds is 8. The normalized spacial score (nSPS) is 19.9. The maximum Gasteiger partial charge on any atom is 0.0167 e. The van der Waals surface area contributed by atoms with Crippen molar-refractivity contribution < 1.29 is 0 Å². The van der Waals surface area contributed by atoms with Crippen molar-refractivity contribution in [2.75, 3.05) is 6.54 Å². The molecule has 1 N–H and O–H groups in total. The van der Waals surface area contributed by atoms with Crippen molar-refractivity contribution in [3.63, 3.8) is 0 Å². The fourth-order valence-corrected chi connectivity index (χ4v) is 3.17. The van der Waals surface area contributed by atoms with Crippen LogP contribution in [-0.4, -0.2) is 12.6 Å². The first kappa shape index (κ1) is 14.6. The molecule has 1 nitrogen and oxygen atoms in total. The Morgan fingerprint density at radius 1 is 1.16 bits per heavy atom. The summed E-state index contributed by atoms with van der Waals surface area (Å²) in [5.41, 5.74) is 1.53. The third-order valence-corrected chi connectivity index (χ3v) is 4.59. The van der Waals surface area contributed by atoms with Crippen molar-refractivity contribution in [1.82, 2.24) is 5.32 Å². The predicted octanol–water partition coefficient (Wildman–Crippen LogP) is 4.59. The standard InChI is InChI=1S/C18H29N/c1-4-13-19-18(16-11-12-16)17(14(3)5-2)15-9-7-6-8-10-15/h6-10,14,16-19H,4-5,11-13H2,1-3H3. The molecule has 1 aliphatic rings. The van der Waals surface area contributed by atoms with E-state index in [4.69, 9.17) is 0 Å². The average Bonchev–Trinajstić information content (AvgIpc) is 3.28. The lowest BCUT2D eigenvalue weighted by molar-refractivity contribution is 0.309. The third kappa shape index (κ3) is 3.82. The summed E-state index contributed by atoms with van der Waals surface area (Å²) in [5.74, 6) is 2.33. The van der Waals surface area contributed by atoms with Crippen molar-refractivity contribution >= 4 is 0 Å². The quantitative estimate of drug-likeness (QED) is 0.719. The lowest BCUT2D eigenvalue weighted by Gasteiger charge is -2.33. The maximum atomic E-state index is 3.85. The van der Waals surface area contributed by atoms with Crippen LogP contribution in [0.1, 0.15) is 57.9 Å². The molecule has 106 valence electrons. The molecule has 19 heavy (non-hydrogen) atoms. The molecule has 2 rings (SSSR count). The molecule has 0 saturated heterocycles. The zero-order valence-electron chi connectivity index (χ0n) is 12.7. The van der Waals surface area contributed by atoms with Crippen molar-refractivity contribution in [1.29, 1.82) is 0 Å². The van der Waals surface area contributed by atoms with E-state index in [9.17, 15) is 0 Å². The van der Waals surface area contributed by atoms with Crippen LogP contribution in [-0.2, 0) is 0 Å².